The zero-order chi connectivity index (χ0) is 20.7. The number of imidazole rings is 1. The molecule has 1 aliphatic heterocycles. The Hall–Kier alpha value is -3.47. The van der Waals surface area contributed by atoms with Crippen molar-refractivity contribution in [2.24, 2.45) is 10.9 Å². The lowest BCUT2D eigenvalue weighted by molar-refractivity contribution is -0.120. The number of carbonyl (C=O) groups is 1. The Balaban J connectivity index is 1.58. The fourth-order valence-electron chi connectivity index (χ4n) is 3.56. The molecule has 11 heteroatoms. The first-order valence-electron chi connectivity index (χ1n) is 10.0. The van der Waals surface area contributed by atoms with E-state index in [9.17, 15) is 14.7 Å². The lowest BCUT2D eigenvalue weighted by Gasteiger charge is -2.21. The minimum atomic E-state index is -0.512. The average Bonchev–Trinajstić information content (AvgIpc) is 3.37. The maximum Gasteiger partial charge on any atom is 0.326 e. The van der Waals surface area contributed by atoms with Crippen LogP contribution in [-0.2, 0) is 4.79 Å². The Kier molecular flexibility index (Phi) is 4.58. The minimum absolute atomic E-state index is 0.0749. The summed E-state index contributed by atoms with van der Waals surface area (Å²) >= 11 is 0. The summed E-state index contributed by atoms with van der Waals surface area (Å²) < 4.78 is 1.60. The third-order valence-corrected chi connectivity index (χ3v) is 5.30. The number of fused-ring (bicyclic) bond motifs is 1. The van der Waals surface area contributed by atoms with Gasteiger partial charge in [-0.1, -0.05) is 0 Å². The molecular weight excluding hydrogens is 388 g/mol. The van der Waals surface area contributed by atoms with Crippen LogP contribution in [0.5, 0.6) is 5.88 Å². The Morgan fingerprint density at radius 2 is 2.20 bits per heavy atom. The van der Waals surface area contributed by atoms with Crippen molar-refractivity contribution in [2.75, 3.05) is 18.4 Å². The molecule has 1 saturated heterocycles. The normalized spacial score (nSPS) is 20.7. The molecule has 0 spiro atoms. The summed E-state index contributed by atoms with van der Waals surface area (Å²) in [5, 5.41) is 20.9. The van der Waals surface area contributed by atoms with E-state index in [-0.39, 0.29) is 29.4 Å². The van der Waals surface area contributed by atoms with Crippen LogP contribution in [0.1, 0.15) is 31.4 Å². The second kappa shape index (κ2) is 7.41. The number of hydrogen-bond acceptors (Lipinski definition) is 7. The van der Waals surface area contributed by atoms with Gasteiger partial charge < -0.3 is 20.7 Å². The van der Waals surface area contributed by atoms with Crippen LogP contribution in [0.2, 0.25) is 0 Å². The molecule has 2 aliphatic rings. The molecule has 3 aromatic heterocycles. The lowest BCUT2D eigenvalue weighted by Crippen LogP contribution is -2.37. The maximum absolute atomic E-state index is 12.7. The largest absolute Gasteiger partial charge is 0.493 e. The molecule has 1 saturated carbocycles. The predicted molar refractivity (Wildman–Crippen MR) is 108 cm³/mol. The van der Waals surface area contributed by atoms with Crippen LogP contribution in [-0.4, -0.2) is 54.7 Å². The van der Waals surface area contributed by atoms with E-state index in [0.717, 1.165) is 32.2 Å². The molecule has 5 rings (SSSR count). The van der Waals surface area contributed by atoms with Crippen LogP contribution in [0.15, 0.2) is 22.1 Å². The molecule has 2 fully saturated rings. The summed E-state index contributed by atoms with van der Waals surface area (Å²) in [4.78, 5) is 38.1. The second-order valence-electron chi connectivity index (χ2n) is 7.71. The van der Waals surface area contributed by atoms with Crippen LogP contribution >= 0.6 is 0 Å². The van der Waals surface area contributed by atoms with E-state index in [4.69, 9.17) is 4.99 Å². The molecule has 30 heavy (non-hydrogen) atoms. The molecule has 0 radical (unpaired) electrons. The van der Waals surface area contributed by atoms with Gasteiger partial charge in [-0.25, -0.2) is 9.78 Å². The van der Waals surface area contributed by atoms with Crippen LogP contribution in [0.4, 0.5) is 5.82 Å². The molecule has 156 valence electrons. The fraction of sp³-hybridized carbons (Fsp3) is 0.421. The molecule has 1 unspecified atom stereocenters. The van der Waals surface area contributed by atoms with E-state index >= 15 is 0 Å². The fourth-order valence-corrected chi connectivity index (χ4v) is 3.56. The van der Waals surface area contributed by atoms with Gasteiger partial charge in [0.15, 0.2) is 11.1 Å². The molecule has 1 aliphatic carbocycles. The molecule has 0 bridgehead atoms. The summed E-state index contributed by atoms with van der Waals surface area (Å²) in [6.07, 6.45) is 7.00. The number of piperidine rings is 1. The Morgan fingerprint density at radius 3 is 2.90 bits per heavy atom. The second-order valence-corrected chi connectivity index (χ2v) is 7.71. The maximum atomic E-state index is 12.7. The highest BCUT2D eigenvalue weighted by Gasteiger charge is 2.23. The molecule has 1 amide bonds. The van der Waals surface area contributed by atoms with Gasteiger partial charge in [-0.15, -0.1) is 0 Å². The van der Waals surface area contributed by atoms with Crippen molar-refractivity contribution in [1.29, 1.82) is 0 Å². The van der Waals surface area contributed by atoms with E-state index in [1.54, 1.807) is 22.9 Å². The Bertz CT molecular complexity index is 1280. The summed E-state index contributed by atoms with van der Waals surface area (Å²) in [6, 6.07) is 1.98. The zero-order valence-electron chi connectivity index (χ0n) is 16.2. The van der Waals surface area contributed by atoms with Crippen molar-refractivity contribution < 1.29 is 9.90 Å². The van der Waals surface area contributed by atoms with Crippen LogP contribution in [0, 0.1) is 5.92 Å². The molecule has 0 aromatic carbocycles. The van der Waals surface area contributed by atoms with Gasteiger partial charge in [-0.2, -0.15) is 9.61 Å². The van der Waals surface area contributed by atoms with Gasteiger partial charge in [0.05, 0.1) is 18.2 Å². The number of aromatic hydroxyl groups is 1. The van der Waals surface area contributed by atoms with Gasteiger partial charge in [-0.3, -0.25) is 14.8 Å². The summed E-state index contributed by atoms with van der Waals surface area (Å²) in [5.41, 5.74) is 0.781. The quantitative estimate of drug-likeness (QED) is 0.372. The SMILES string of the molecule is O=C(Nc1cc(=NC2CC2)n2nc/c(=C/c3[nH]c(=O)[nH]c3O)c2n1)C1CCCNC1. The number of anilines is 1. The monoisotopic (exact) mass is 410 g/mol. The number of amides is 1. The number of aromatic amines is 2. The van der Waals surface area contributed by atoms with Gasteiger partial charge in [-0.05, 0) is 38.3 Å². The summed E-state index contributed by atoms with van der Waals surface area (Å²) in [6.45, 7) is 1.58. The van der Waals surface area contributed by atoms with E-state index in [0.29, 0.717) is 28.7 Å². The van der Waals surface area contributed by atoms with E-state index in [1.807, 2.05) is 0 Å². The van der Waals surface area contributed by atoms with Gasteiger partial charge >= 0.3 is 5.69 Å². The Morgan fingerprint density at radius 1 is 1.33 bits per heavy atom. The Labute approximate surface area is 170 Å². The van der Waals surface area contributed by atoms with Gasteiger partial charge in [0.25, 0.3) is 0 Å². The smallest absolute Gasteiger partial charge is 0.326 e. The first kappa shape index (κ1) is 18.6. The number of nitrogens with zero attached hydrogens (tertiary/aromatic N) is 4. The van der Waals surface area contributed by atoms with Crippen molar-refractivity contribution in [3.63, 3.8) is 0 Å². The molecule has 4 heterocycles. The average molecular weight is 410 g/mol. The van der Waals surface area contributed by atoms with Crippen LogP contribution in [0.25, 0.3) is 11.7 Å². The highest BCUT2D eigenvalue weighted by atomic mass is 16.3. The molecule has 1 atom stereocenters. The van der Waals surface area contributed by atoms with Gasteiger partial charge in [0.1, 0.15) is 11.5 Å². The molecule has 11 nitrogen and oxygen atoms in total. The van der Waals surface area contributed by atoms with Crippen LogP contribution < -0.4 is 27.0 Å². The number of hydrogen-bond donors (Lipinski definition) is 5. The van der Waals surface area contributed by atoms with Crippen LogP contribution in [0.3, 0.4) is 0 Å². The lowest BCUT2D eigenvalue weighted by atomic mass is 9.99. The van der Waals surface area contributed by atoms with Crippen molar-refractivity contribution in [3.8, 4) is 5.88 Å². The van der Waals surface area contributed by atoms with E-state index in [2.05, 4.69) is 30.7 Å². The first-order chi connectivity index (χ1) is 14.6. The van der Waals surface area contributed by atoms with Gasteiger partial charge in [0, 0.05) is 17.8 Å². The number of H-pyrrole nitrogens is 2. The zero-order valence-corrected chi connectivity index (χ0v) is 16.2. The summed E-state index contributed by atoms with van der Waals surface area (Å²) in [7, 11) is 0. The number of rotatable bonds is 4. The topological polar surface area (TPSA) is 153 Å². The predicted octanol–water partition coefficient (Wildman–Crippen LogP) is -1.000. The third-order valence-electron chi connectivity index (χ3n) is 5.30. The molecule has 3 aromatic rings. The van der Waals surface area contributed by atoms with Gasteiger partial charge in [0.2, 0.25) is 11.8 Å². The first-order valence-corrected chi connectivity index (χ1v) is 10.0. The standard InChI is InChI=1S/C19H22N8O3/c28-17(10-2-1-5-20-8-10)25-14-7-15(22-12-3-4-12)27-16(24-14)11(9-21-27)6-13-18(29)26-19(30)23-13/h6-7,9-10,12,20,29H,1-5,8H2,(H,25,28)(H2,23,26,30)/b11-6-,22-15?. The molecule has 5 N–H and O–H groups in total. The highest BCUT2D eigenvalue weighted by Crippen LogP contribution is 2.22. The molecular formula is C19H22N8O3. The number of nitrogens with one attached hydrogen (secondary N) is 4. The minimum Gasteiger partial charge on any atom is -0.493 e. The van der Waals surface area contributed by atoms with Crippen molar-refractivity contribution in [2.45, 2.75) is 31.7 Å². The van der Waals surface area contributed by atoms with Crippen molar-refractivity contribution >= 4 is 23.4 Å². The highest BCUT2D eigenvalue weighted by molar-refractivity contribution is 5.92. The third kappa shape index (κ3) is 3.71. The number of aromatic nitrogens is 5. The number of carbonyl (C=O) groups excluding carboxylic acids is 1. The van der Waals surface area contributed by atoms with Crippen molar-refractivity contribution in [3.05, 3.63) is 39.1 Å². The van der Waals surface area contributed by atoms with Crippen molar-refractivity contribution in [1.82, 2.24) is 29.9 Å². The summed E-state index contributed by atoms with van der Waals surface area (Å²) in [5.74, 6) is -0.0385. The van der Waals surface area contributed by atoms with E-state index in [1.165, 1.54) is 0 Å². The van der Waals surface area contributed by atoms with E-state index < -0.39 is 5.69 Å².